The van der Waals surface area contributed by atoms with Crippen molar-refractivity contribution >= 4 is 50.0 Å². The van der Waals surface area contributed by atoms with E-state index in [0.717, 1.165) is 12.3 Å². The van der Waals surface area contributed by atoms with E-state index in [9.17, 15) is 12.8 Å². The van der Waals surface area contributed by atoms with Gasteiger partial charge in [0.25, 0.3) is 0 Å². The predicted octanol–water partition coefficient (Wildman–Crippen LogP) is 4.22. The Morgan fingerprint density at radius 1 is 1.24 bits per heavy atom. The number of anilines is 1. The van der Waals surface area contributed by atoms with Crippen molar-refractivity contribution in [3.63, 3.8) is 0 Å². The molecule has 0 fully saturated rings. The Kier molecular flexibility index (Phi) is 4.77. The van der Waals surface area contributed by atoms with Crippen LogP contribution in [0, 0.1) is 5.82 Å². The fourth-order valence-corrected chi connectivity index (χ4v) is 2.92. The summed E-state index contributed by atoms with van der Waals surface area (Å²) in [7, 11) is -3.50. The number of hydrogen-bond donors (Lipinski definition) is 1. The summed E-state index contributed by atoms with van der Waals surface area (Å²) >= 11 is 11.8. The summed E-state index contributed by atoms with van der Waals surface area (Å²) in [6.07, 6.45) is 1.00. The molecule has 0 atom stereocenters. The molecule has 0 aliphatic rings. The van der Waals surface area contributed by atoms with Crippen molar-refractivity contribution in [3.05, 3.63) is 51.8 Å². The van der Waals surface area contributed by atoms with E-state index >= 15 is 0 Å². The molecular formula is C15H11Cl2FN2O4S. The van der Waals surface area contributed by atoms with Crippen molar-refractivity contribution in [1.82, 2.24) is 5.16 Å². The Balaban J connectivity index is 1.85. The molecule has 0 aliphatic carbocycles. The van der Waals surface area contributed by atoms with Crippen molar-refractivity contribution in [2.24, 2.45) is 0 Å². The first-order chi connectivity index (χ1) is 11.7. The van der Waals surface area contributed by atoms with Gasteiger partial charge >= 0.3 is 0 Å². The summed E-state index contributed by atoms with van der Waals surface area (Å²) in [5.74, 6) is -0.255. The molecule has 0 bridgehead atoms. The van der Waals surface area contributed by atoms with Gasteiger partial charge in [0.15, 0.2) is 11.4 Å². The minimum Gasteiger partial charge on any atom is -0.489 e. The van der Waals surface area contributed by atoms with Gasteiger partial charge in [0.2, 0.25) is 10.0 Å². The first-order valence-electron chi connectivity index (χ1n) is 6.86. The minimum atomic E-state index is -3.50. The Labute approximate surface area is 152 Å². The number of ether oxygens (including phenoxy) is 1. The Hall–Kier alpha value is -2.03. The number of hydrogen-bond acceptors (Lipinski definition) is 5. The molecule has 0 spiro atoms. The van der Waals surface area contributed by atoms with E-state index < -0.39 is 15.8 Å². The number of rotatable bonds is 5. The van der Waals surface area contributed by atoms with Gasteiger partial charge in [-0.3, -0.25) is 4.72 Å². The van der Waals surface area contributed by atoms with Crippen LogP contribution in [0.4, 0.5) is 10.2 Å². The smallest absolute Gasteiger partial charge is 0.231 e. The third-order valence-corrected chi connectivity index (χ3v) is 4.43. The van der Waals surface area contributed by atoms with Crippen LogP contribution in [-0.4, -0.2) is 19.8 Å². The molecule has 0 saturated heterocycles. The SMILES string of the molecule is CS(=O)(=O)Nc1noc2cc(COc3ccc(Cl)c(F)c3)c(Cl)cc12. The van der Waals surface area contributed by atoms with Gasteiger partial charge in [-0.2, -0.15) is 0 Å². The van der Waals surface area contributed by atoms with Gasteiger partial charge in [0.1, 0.15) is 18.2 Å². The van der Waals surface area contributed by atoms with Crippen molar-refractivity contribution in [2.45, 2.75) is 6.61 Å². The fraction of sp³-hybridized carbons (Fsp3) is 0.133. The number of sulfonamides is 1. The average Bonchev–Trinajstić information content (AvgIpc) is 2.88. The topological polar surface area (TPSA) is 81.4 Å². The van der Waals surface area contributed by atoms with Crippen LogP contribution in [0.25, 0.3) is 11.0 Å². The summed E-state index contributed by atoms with van der Waals surface area (Å²) in [5.41, 5.74) is 0.892. The van der Waals surface area contributed by atoms with E-state index in [0.29, 0.717) is 21.6 Å². The van der Waals surface area contributed by atoms with E-state index in [2.05, 4.69) is 9.88 Å². The molecule has 132 valence electrons. The van der Waals surface area contributed by atoms with E-state index in [-0.39, 0.29) is 23.2 Å². The van der Waals surface area contributed by atoms with Gasteiger partial charge in [-0.25, -0.2) is 12.8 Å². The molecule has 1 heterocycles. The lowest BCUT2D eigenvalue weighted by molar-refractivity contribution is 0.304. The summed E-state index contributed by atoms with van der Waals surface area (Å²) in [5, 5.41) is 4.41. The zero-order chi connectivity index (χ0) is 18.2. The maximum absolute atomic E-state index is 13.4. The number of nitrogens with one attached hydrogen (secondary N) is 1. The highest BCUT2D eigenvalue weighted by Crippen LogP contribution is 2.30. The molecule has 0 radical (unpaired) electrons. The summed E-state index contributed by atoms with van der Waals surface area (Å²) < 4.78 is 48.9. The lowest BCUT2D eigenvalue weighted by Crippen LogP contribution is -2.09. The summed E-state index contributed by atoms with van der Waals surface area (Å²) in [4.78, 5) is 0. The molecule has 0 unspecified atom stereocenters. The fourth-order valence-electron chi connectivity index (χ4n) is 2.09. The quantitative estimate of drug-likeness (QED) is 0.687. The molecule has 1 aromatic heterocycles. The van der Waals surface area contributed by atoms with Gasteiger partial charge in [0, 0.05) is 16.7 Å². The average molecular weight is 405 g/mol. The third-order valence-electron chi connectivity index (χ3n) is 3.21. The molecule has 10 heteroatoms. The van der Waals surface area contributed by atoms with E-state index in [1.54, 1.807) is 6.07 Å². The van der Waals surface area contributed by atoms with Gasteiger partial charge in [-0.15, -0.1) is 0 Å². The van der Waals surface area contributed by atoms with Crippen molar-refractivity contribution in [1.29, 1.82) is 0 Å². The maximum atomic E-state index is 13.4. The molecule has 25 heavy (non-hydrogen) atoms. The molecule has 3 aromatic rings. The molecule has 0 saturated carbocycles. The molecule has 2 aromatic carbocycles. The second kappa shape index (κ2) is 6.70. The molecule has 0 aliphatic heterocycles. The first-order valence-corrected chi connectivity index (χ1v) is 9.51. The number of aromatic nitrogens is 1. The zero-order valence-corrected chi connectivity index (χ0v) is 15.0. The second-order valence-electron chi connectivity index (χ2n) is 5.21. The Bertz CT molecular complexity index is 1050. The lowest BCUT2D eigenvalue weighted by Gasteiger charge is -2.08. The number of fused-ring (bicyclic) bond motifs is 1. The first kappa shape index (κ1) is 17.8. The van der Waals surface area contributed by atoms with Crippen LogP contribution in [0.15, 0.2) is 34.9 Å². The lowest BCUT2D eigenvalue weighted by atomic mass is 10.2. The van der Waals surface area contributed by atoms with Crippen LogP contribution in [-0.2, 0) is 16.6 Å². The van der Waals surface area contributed by atoms with Crippen LogP contribution in [0.1, 0.15) is 5.56 Å². The van der Waals surface area contributed by atoms with Crippen LogP contribution in [0.5, 0.6) is 5.75 Å². The van der Waals surface area contributed by atoms with Crippen LogP contribution in [0.2, 0.25) is 10.0 Å². The highest BCUT2D eigenvalue weighted by molar-refractivity contribution is 7.92. The van der Waals surface area contributed by atoms with Gasteiger partial charge in [0.05, 0.1) is 16.7 Å². The number of nitrogens with zero attached hydrogens (tertiary/aromatic N) is 1. The molecular weight excluding hydrogens is 394 g/mol. The molecule has 6 nitrogen and oxygen atoms in total. The summed E-state index contributed by atoms with van der Waals surface area (Å²) in [6, 6.07) is 7.17. The molecule has 0 amide bonds. The normalized spacial score (nSPS) is 11.7. The van der Waals surface area contributed by atoms with Crippen molar-refractivity contribution in [3.8, 4) is 5.75 Å². The summed E-state index contributed by atoms with van der Waals surface area (Å²) in [6.45, 7) is 0.0470. The third kappa shape index (κ3) is 4.15. The largest absolute Gasteiger partial charge is 0.489 e. The number of halogens is 3. The van der Waals surface area contributed by atoms with Crippen LogP contribution in [0.3, 0.4) is 0 Å². The van der Waals surface area contributed by atoms with E-state index in [1.807, 2.05) is 0 Å². The number of benzene rings is 2. The highest BCUT2D eigenvalue weighted by Gasteiger charge is 2.15. The maximum Gasteiger partial charge on any atom is 0.231 e. The van der Waals surface area contributed by atoms with E-state index in [1.165, 1.54) is 18.2 Å². The van der Waals surface area contributed by atoms with E-state index in [4.69, 9.17) is 32.5 Å². The molecule has 1 N–H and O–H groups in total. The minimum absolute atomic E-state index is 0.000585. The van der Waals surface area contributed by atoms with Gasteiger partial charge in [-0.05, 0) is 24.3 Å². The predicted molar refractivity (Wildman–Crippen MR) is 93.2 cm³/mol. The van der Waals surface area contributed by atoms with Gasteiger partial charge in [-0.1, -0.05) is 28.4 Å². The van der Waals surface area contributed by atoms with Crippen molar-refractivity contribution in [2.75, 3.05) is 11.0 Å². The zero-order valence-electron chi connectivity index (χ0n) is 12.7. The van der Waals surface area contributed by atoms with Gasteiger partial charge < -0.3 is 9.26 Å². The second-order valence-corrected chi connectivity index (χ2v) is 7.77. The van der Waals surface area contributed by atoms with Crippen LogP contribution >= 0.6 is 23.2 Å². The standard InChI is InChI=1S/C15H11Cl2FN2O4S/c1-25(21,22)20-15-10-6-12(17)8(4-14(10)24-19-15)7-23-9-2-3-11(16)13(18)5-9/h2-6H,7H2,1H3,(H,19,20). The van der Waals surface area contributed by atoms with Crippen LogP contribution < -0.4 is 9.46 Å². The monoisotopic (exact) mass is 404 g/mol. The highest BCUT2D eigenvalue weighted by atomic mass is 35.5. The molecule has 3 rings (SSSR count). The van der Waals surface area contributed by atoms with Crippen molar-refractivity contribution < 1.29 is 22.1 Å². The Morgan fingerprint density at radius 2 is 2.00 bits per heavy atom. The Morgan fingerprint density at radius 3 is 2.68 bits per heavy atom.